The predicted molar refractivity (Wildman–Crippen MR) is 116 cm³/mol. The van der Waals surface area contributed by atoms with Crippen molar-refractivity contribution in [2.75, 3.05) is 47.0 Å². The van der Waals surface area contributed by atoms with Gasteiger partial charge in [0.1, 0.15) is 25.8 Å². The first kappa shape index (κ1) is 29.0. The van der Waals surface area contributed by atoms with Gasteiger partial charge in [-0.05, 0) is 6.42 Å². The minimum Gasteiger partial charge on any atom is -0.756 e. The van der Waals surface area contributed by atoms with Crippen LogP contribution in [0.1, 0.15) is 84.0 Å². The quantitative estimate of drug-likeness (QED) is 0.161. The summed E-state index contributed by atoms with van der Waals surface area (Å²) in [4.78, 5) is 19.2. The van der Waals surface area contributed by atoms with Crippen LogP contribution >= 0.6 is 7.82 Å². The Morgan fingerprint density at radius 2 is 1.38 bits per heavy atom. The molecule has 0 amide bonds. The summed E-state index contributed by atoms with van der Waals surface area (Å²) in [5, 5.41) is 10.1. The van der Waals surface area contributed by atoms with Gasteiger partial charge in [0.25, 0.3) is 7.82 Å². The number of hydrogen-bond donors (Lipinski definition) is 2. The molecule has 0 heterocycles. The van der Waals surface area contributed by atoms with Gasteiger partial charge in [0.15, 0.2) is 0 Å². The third-order valence-corrected chi connectivity index (χ3v) is 5.62. The van der Waals surface area contributed by atoms with E-state index in [1.807, 2.05) is 14.1 Å². The van der Waals surface area contributed by atoms with Crippen molar-refractivity contribution in [1.82, 2.24) is 0 Å². The minimum atomic E-state index is -4.68. The van der Waals surface area contributed by atoms with Crippen molar-refractivity contribution in [2.45, 2.75) is 90.1 Å². The van der Waals surface area contributed by atoms with Crippen molar-refractivity contribution in [1.29, 1.82) is 0 Å². The summed E-state index contributed by atoms with van der Waals surface area (Å²) in [6, 6.07) is 0. The Morgan fingerprint density at radius 3 is 1.86 bits per heavy atom. The molecule has 0 rings (SSSR count). The zero-order chi connectivity index (χ0) is 22.0. The molecule has 176 valence electrons. The van der Waals surface area contributed by atoms with E-state index in [9.17, 15) is 14.6 Å². The Balaban J connectivity index is 3.46. The number of nitrogens with zero attached hydrogens (tertiary/aromatic N) is 1. The summed E-state index contributed by atoms with van der Waals surface area (Å²) in [6.07, 6.45) is 15.1. The third-order valence-electron chi connectivity index (χ3n) is 5.11. The van der Waals surface area contributed by atoms with E-state index in [4.69, 9.17) is 9.63 Å². The fourth-order valence-corrected chi connectivity index (χ4v) is 3.69. The van der Waals surface area contributed by atoms with Gasteiger partial charge in [-0.15, -0.1) is 0 Å². The molecule has 29 heavy (non-hydrogen) atoms. The highest BCUT2D eigenvalue weighted by atomic mass is 31.2. The van der Waals surface area contributed by atoms with Gasteiger partial charge in [-0.3, -0.25) is 4.57 Å². The molecule has 0 saturated heterocycles. The van der Waals surface area contributed by atoms with Crippen molar-refractivity contribution in [3.8, 4) is 0 Å². The van der Waals surface area contributed by atoms with Crippen LogP contribution in [0.3, 0.4) is 0 Å². The van der Waals surface area contributed by atoms with Gasteiger partial charge in [0, 0.05) is 6.61 Å². The van der Waals surface area contributed by atoms with Gasteiger partial charge in [-0.2, -0.15) is 0 Å². The van der Waals surface area contributed by atoms with E-state index in [0.717, 1.165) is 6.42 Å². The number of phosphoric acid groups is 1. The summed E-state index contributed by atoms with van der Waals surface area (Å²) in [5.41, 5.74) is 0. The fraction of sp³-hybridized carbons (Fsp3) is 1.00. The number of unbranched alkanes of at least 4 members (excludes halogenated alkanes) is 11. The Kier molecular flexibility index (Phi) is 17.6. The van der Waals surface area contributed by atoms with Crippen LogP contribution in [-0.4, -0.2) is 67.6 Å². The van der Waals surface area contributed by atoms with Crippen LogP contribution in [0, 0.1) is 0 Å². The molecule has 0 saturated carbocycles. The van der Waals surface area contributed by atoms with Crippen LogP contribution < -0.4 is 4.89 Å². The monoisotopic (exact) mass is 439 g/mol. The zero-order valence-electron chi connectivity index (χ0n) is 19.0. The van der Waals surface area contributed by atoms with Gasteiger partial charge in [-0.1, -0.05) is 77.6 Å². The highest BCUT2D eigenvalue weighted by Gasteiger charge is 2.21. The molecule has 0 aromatic carbocycles. The number of aliphatic hydroxyl groups excluding tert-OH is 1. The summed E-state index contributed by atoms with van der Waals surface area (Å²) < 4.78 is 20.9. The lowest BCUT2D eigenvalue weighted by Crippen LogP contribution is -2.48. The van der Waals surface area contributed by atoms with Crippen LogP contribution in [0.4, 0.5) is 0 Å². The van der Waals surface area contributed by atoms with Gasteiger partial charge >= 0.3 is 0 Å². The van der Waals surface area contributed by atoms with Crippen LogP contribution in [0.5, 0.6) is 0 Å². The summed E-state index contributed by atoms with van der Waals surface area (Å²) in [6.45, 7) is 3.87. The molecule has 0 aliphatic heterocycles. The van der Waals surface area contributed by atoms with E-state index in [0.29, 0.717) is 24.2 Å². The van der Waals surface area contributed by atoms with Crippen LogP contribution in [0.2, 0.25) is 0 Å². The molecule has 0 fully saturated rings. The average molecular weight is 440 g/mol. The highest BCUT2D eigenvalue weighted by molar-refractivity contribution is 7.44. The molecule has 2 N–H and O–H groups in total. The molecule has 7 nitrogen and oxygen atoms in total. The van der Waals surface area contributed by atoms with Crippen molar-refractivity contribution in [2.24, 2.45) is 0 Å². The first-order valence-corrected chi connectivity index (χ1v) is 12.9. The summed E-state index contributed by atoms with van der Waals surface area (Å²) in [5.74, 6) is 0. The number of quaternary nitrogens is 1. The predicted octanol–water partition coefficient (Wildman–Crippen LogP) is 3.62. The SMILES string of the molecule is CCCCCCCCCCCCCCOCC(O)C[N+](C)(C)CCOP(=O)([O-])O. The first-order valence-electron chi connectivity index (χ1n) is 11.4. The van der Waals surface area contributed by atoms with E-state index < -0.39 is 13.9 Å². The standard InChI is InChI=1S/C21H46NO6P/c1-4-5-6-7-8-9-10-11-12-13-14-15-17-27-20-21(23)19-22(2,3)16-18-28-29(24,25)26/h21,23H,4-20H2,1-3H3,(H-,24,25,26). The Hall–Kier alpha value is -0.0100. The number of phosphoric ester groups is 1. The lowest BCUT2D eigenvalue weighted by Gasteiger charge is -2.32. The number of rotatable bonds is 21. The second-order valence-electron chi connectivity index (χ2n) is 8.76. The molecule has 2 atom stereocenters. The molecule has 0 aliphatic carbocycles. The van der Waals surface area contributed by atoms with Gasteiger partial charge < -0.3 is 28.6 Å². The second kappa shape index (κ2) is 17.6. The third kappa shape index (κ3) is 22.5. The molecule has 0 spiro atoms. The molecule has 2 unspecified atom stereocenters. The Bertz CT molecular complexity index is 416. The second-order valence-corrected chi connectivity index (χ2v) is 9.96. The Labute approximate surface area is 178 Å². The maximum atomic E-state index is 10.6. The van der Waals surface area contributed by atoms with E-state index >= 15 is 0 Å². The molecule has 0 bridgehead atoms. The van der Waals surface area contributed by atoms with Crippen molar-refractivity contribution in [3.63, 3.8) is 0 Å². The van der Waals surface area contributed by atoms with Crippen molar-refractivity contribution >= 4 is 7.82 Å². The van der Waals surface area contributed by atoms with Gasteiger partial charge in [0.2, 0.25) is 0 Å². The maximum absolute atomic E-state index is 10.6. The molecule has 0 aromatic rings. The highest BCUT2D eigenvalue weighted by Crippen LogP contribution is 2.29. The average Bonchev–Trinajstić information content (AvgIpc) is 2.60. The van der Waals surface area contributed by atoms with Crippen LogP contribution in [0.15, 0.2) is 0 Å². The molecule has 8 heteroatoms. The lowest BCUT2D eigenvalue weighted by atomic mass is 10.1. The normalized spacial score (nSPS) is 15.4. The summed E-state index contributed by atoms with van der Waals surface area (Å²) >= 11 is 0. The smallest absolute Gasteiger partial charge is 0.265 e. The minimum absolute atomic E-state index is 0.114. The Morgan fingerprint density at radius 1 is 0.897 bits per heavy atom. The van der Waals surface area contributed by atoms with Crippen molar-refractivity contribution < 1.29 is 33.2 Å². The largest absolute Gasteiger partial charge is 0.756 e. The van der Waals surface area contributed by atoms with Crippen LogP contribution in [-0.2, 0) is 13.8 Å². The van der Waals surface area contributed by atoms with Gasteiger partial charge in [-0.25, -0.2) is 0 Å². The number of likely N-dealkylation sites (N-methyl/N-ethyl adjacent to an activating group) is 1. The topological polar surface area (TPSA) is 99.0 Å². The number of aliphatic hydroxyl groups is 1. The van der Waals surface area contributed by atoms with E-state index in [-0.39, 0.29) is 13.2 Å². The molecular weight excluding hydrogens is 393 g/mol. The number of hydrogen-bond acceptors (Lipinski definition) is 5. The van der Waals surface area contributed by atoms with Crippen LogP contribution in [0.25, 0.3) is 0 Å². The van der Waals surface area contributed by atoms with E-state index in [1.165, 1.54) is 70.6 Å². The first-order chi connectivity index (χ1) is 13.7. The lowest BCUT2D eigenvalue weighted by molar-refractivity contribution is -0.893. The van der Waals surface area contributed by atoms with Gasteiger partial charge in [0.05, 0.1) is 20.7 Å². The zero-order valence-corrected chi connectivity index (χ0v) is 19.9. The fourth-order valence-electron chi connectivity index (χ4n) is 3.38. The molecular formula is C21H46NO6P. The van der Waals surface area contributed by atoms with E-state index in [2.05, 4.69) is 11.4 Å². The molecule has 0 aromatic heterocycles. The maximum Gasteiger partial charge on any atom is 0.265 e. The molecule has 0 radical (unpaired) electrons. The number of ether oxygens (including phenoxy) is 1. The molecule has 0 aliphatic rings. The van der Waals surface area contributed by atoms with E-state index in [1.54, 1.807) is 0 Å². The van der Waals surface area contributed by atoms with Crippen molar-refractivity contribution in [3.05, 3.63) is 0 Å². The summed E-state index contributed by atoms with van der Waals surface area (Å²) in [7, 11) is -0.946.